The Labute approximate surface area is 67.6 Å². The molecule has 0 aliphatic heterocycles. The van der Waals surface area contributed by atoms with Crippen molar-refractivity contribution in [1.29, 1.82) is 5.41 Å². The van der Waals surface area contributed by atoms with Gasteiger partial charge in [0.15, 0.2) is 0 Å². The van der Waals surface area contributed by atoms with Gasteiger partial charge in [0.25, 0.3) is 0 Å². The molecule has 2 heteroatoms. The minimum atomic E-state index is 0.968. The van der Waals surface area contributed by atoms with Gasteiger partial charge in [0.1, 0.15) is 0 Å². The molecule has 60 valence electrons. The average molecular weight is 150 g/mol. The highest BCUT2D eigenvalue weighted by Crippen LogP contribution is 1.99. The molecule has 0 bridgehead atoms. The van der Waals surface area contributed by atoms with Crippen molar-refractivity contribution in [2.75, 3.05) is 7.05 Å². The van der Waals surface area contributed by atoms with Crippen LogP contribution in [0.3, 0.4) is 0 Å². The molecular weight excluding hydrogens is 136 g/mol. The van der Waals surface area contributed by atoms with E-state index in [4.69, 9.17) is 5.41 Å². The second kappa shape index (κ2) is 5.62. The van der Waals surface area contributed by atoms with E-state index in [2.05, 4.69) is 5.73 Å². The Bertz CT molecular complexity index is 219. The molecule has 0 aliphatic carbocycles. The van der Waals surface area contributed by atoms with Crippen molar-refractivity contribution in [2.24, 2.45) is 5.73 Å². The second-order valence-electron chi connectivity index (χ2n) is 2.06. The van der Waals surface area contributed by atoms with Crippen molar-refractivity contribution >= 4 is 6.21 Å². The quantitative estimate of drug-likeness (QED) is 0.586. The molecule has 1 aromatic carbocycles. The van der Waals surface area contributed by atoms with Gasteiger partial charge in [-0.15, -0.1) is 0 Å². The summed E-state index contributed by atoms with van der Waals surface area (Å²) in [6.45, 7) is 2.02. The average Bonchev–Trinajstić information content (AvgIpc) is 2.08. The molecule has 2 nitrogen and oxygen atoms in total. The molecule has 0 unspecified atom stereocenters. The number of benzene rings is 1. The van der Waals surface area contributed by atoms with Gasteiger partial charge in [0, 0.05) is 6.21 Å². The standard InChI is InChI=1S/C8H9N.CH5N/c1-7-3-2-4-8(5-7)6-9;1-2/h2-6,9H,1H3;2H2,1H3. The van der Waals surface area contributed by atoms with Crippen molar-refractivity contribution in [2.45, 2.75) is 6.92 Å². The van der Waals surface area contributed by atoms with E-state index in [-0.39, 0.29) is 0 Å². The molecule has 0 aliphatic rings. The molecule has 1 aromatic rings. The van der Waals surface area contributed by atoms with Gasteiger partial charge in [-0.25, -0.2) is 0 Å². The van der Waals surface area contributed by atoms with Crippen molar-refractivity contribution in [1.82, 2.24) is 0 Å². The predicted octanol–water partition coefficient (Wildman–Crippen LogP) is 1.57. The molecule has 0 amide bonds. The van der Waals surface area contributed by atoms with Crippen LogP contribution >= 0.6 is 0 Å². The Kier molecular flexibility index (Phi) is 5.03. The molecule has 0 saturated carbocycles. The minimum absolute atomic E-state index is 0.968. The third-order valence-corrected chi connectivity index (χ3v) is 1.21. The Morgan fingerprint density at radius 3 is 2.36 bits per heavy atom. The third-order valence-electron chi connectivity index (χ3n) is 1.21. The van der Waals surface area contributed by atoms with Crippen molar-refractivity contribution in [3.05, 3.63) is 35.4 Å². The number of aryl methyl sites for hydroxylation is 1. The molecular formula is C9H14N2. The SMILES string of the molecule is CN.Cc1cccc(C=N)c1. The lowest BCUT2D eigenvalue weighted by molar-refractivity contribution is 1.45. The van der Waals surface area contributed by atoms with E-state index in [1.165, 1.54) is 18.8 Å². The molecule has 11 heavy (non-hydrogen) atoms. The van der Waals surface area contributed by atoms with Crippen LogP contribution in [-0.2, 0) is 0 Å². The topological polar surface area (TPSA) is 49.9 Å². The highest BCUT2D eigenvalue weighted by molar-refractivity contribution is 5.76. The van der Waals surface area contributed by atoms with Gasteiger partial charge in [-0.2, -0.15) is 0 Å². The zero-order valence-electron chi connectivity index (χ0n) is 6.96. The second-order valence-corrected chi connectivity index (χ2v) is 2.06. The fourth-order valence-corrected chi connectivity index (χ4v) is 0.760. The zero-order chi connectivity index (χ0) is 8.69. The molecule has 0 atom stereocenters. The van der Waals surface area contributed by atoms with E-state index in [9.17, 15) is 0 Å². The summed E-state index contributed by atoms with van der Waals surface area (Å²) in [5.41, 5.74) is 6.67. The van der Waals surface area contributed by atoms with Gasteiger partial charge in [0.2, 0.25) is 0 Å². The largest absolute Gasteiger partial charge is 0.333 e. The first-order valence-electron chi connectivity index (χ1n) is 3.48. The van der Waals surface area contributed by atoms with E-state index >= 15 is 0 Å². The van der Waals surface area contributed by atoms with Crippen LogP contribution < -0.4 is 5.73 Å². The molecule has 0 saturated heterocycles. The summed E-state index contributed by atoms with van der Waals surface area (Å²) in [6.07, 6.45) is 1.35. The highest BCUT2D eigenvalue weighted by Gasteiger charge is 1.84. The van der Waals surface area contributed by atoms with Gasteiger partial charge in [-0.3, -0.25) is 0 Å². The number of rotatable bonds is 1. The number of hydrogen-bond acceptors (Lipinski definition) is 2. The predicted molar refractivity (Wildman–Crippen MR) is 49.2 cm³/mol. The maximum absolute atomic E-state index is 6.92. The maximum Gasteiger partial charge on any atom is 0.0250 e. The molecule has 0 heterocycles. The fraction of sp³-hybridized carbons (Fsp3) is 0.222. The van der Waals surface area contributed by atoms with Crippen molar-refractivity contribution in [3.63, 3.8) is 0 Å². The van der Waals surface area contributed by atoms with Gasteiger partial charge < -0.3 is 11.1 Å². The summed E-state index contributed by atoms with van der Waals surface area (Å²) in [5.74, 6) is 0. The summed E-state index contributed by atoms with van der Waals surface area (Å²) < 4.78 is 0. The van der Waals surface area contributed by atoms with E-state index in [0.29, 0.717) is 0 Å². The van der Waals surface area contributed by atoms with Crippen molar-refractivity contribution < 1.29 is 0 Å². The Hall–Kier alpha value is -1.15. The lowest BCUT2D eigenvalue weighted by atomic mass is 10.2. The Balaban J connectivity index is 0.000000461. The smallest absolute Gasteiger partial charge is 0.0250 e. The van der Waals surface area contributed by atoms with Crippen LogP contribution in [0.1, 0.15) is 11.1 Å². The fourth-order valence-electron chi connectivity index (χ4n) is 0.760. The van der Waals surface area contributed by atoms with E-state index in [1.54, 1.807) is 0 Å². The normalized spacial score (nSPS) is 7.91. The lowest BCUT2D eigenvalue weighted by Crippen LogP contribution is -1.78. The summed E-state index contributed by atoms with van der Waals surface area (Å²) in [5, 5.41) is 6.92. The van der Waals surface area contributed by atoms with Crippen LogP contribution in [0.15, 0.2) is 24.3 Å². The summed E-state index contributed by atoms with van der Waals surface area (Å²) in [4.78, 5) is 0. The van der Waals surface area contributed by atoms with E-state index in [1.807, 2.05) is 31.2 Å². The van der Waals surface area contributed by atoms with Gasteiger partial charge in [-0.1, -0.05) is 29.8 Å². The zero-order valence-corrected chi connectivity index (χ0v) is 6.96. The first-order valence-corrected chi connectivity index (χ1v) is 3.48. The Morgan fingerprint density at radius 1 is 1.36 bits per heavy atom. The molecule has 1 rings (SSSR count). The minimum Gasteiger partial charge on any atom is -0.333 e. The summed E-state index contributed by atoms with van der Waals surface area (Å²) in [6, 6.07) is 7.87. The molecule has 0 aromatic heterocycles. The van der Waals surface area contributed by atoms with Gasteiger partial charge >= 0.3 is 0 Å². The first kappa shape index (κ1) is 9.85. The molecule has 3 N–H and O–H groups in total. The Morgan fingerprint density at radius 2 is 2.00 bits per heavy atom. The summed E-state index contributed by atoms with van der Waals surface area (Å²) >= 11 is 0. The van der Waals surface area contributed by atoms with Crippen molar-refractivity contribution in [3.8, 4) is 0 Å². The van der Waals surface area contributed by atoms with Crippen LogP contribution in [0.4, 0.5) is 0 Å². The maximum atomic E-state index is 6.92. The van der Waals surface area contributed by atoms with Crippen LogP contribution in [-0.4, -0.2) is 13.3 Å². The van der Waals surface area contributed by atoms with Crippen LogP contribution in [0, 0.1) is 12.3 Å². The van der Waals surface area contributed by atoms with E-state index < -0.39 is 0 Å². The molecule has 0 fully saturated rings. The van der Waals surface area contributed by atoms with Gasteiger partial charge in [0.05, 0.1) is 0 Å². The van der Waals surface area contributed by atoms with E-state index in [0.717, 1.165) is 5.56 Å². The molecule has 0 radical (unpaired) electrons. The molecule has 0 spiro atoms. The van der Waals surface area contributed by atoms with Gasteiger partial charge in [-0.05, 0) is 19.5 Å². The summed E-state index contributed by atoms with van der Waals surface area (Å²) in [7, 11) is 1.50. The number of nitrogens with two attached hydrogens (primary N) is 1. The monoisotopic (exact) mass is 150 g/mol. The van der Waals surface area contributed by atoms with Crippen LogP contribution in [0.5, 0.6) is 0 Å². The number of hydrogen-bond donors (Lipinski definition) is 2. The first-order chi connectivity index (χ1) is 5.33. The highest BCUT2D eigenvalue weighted by atomic mass is 14.4. The third kappa shape index (κ3) is 3.53. The van der Waals surface area contributed by atoms with Crippen LogP contribution in [0.2, 0.25) is 0 Å². The number of nitrogens with one attached hydrogen (secondary N) is 1. The lowest BCUT2D eigenvalue weighted by Gasteiger charge is -1.91. The van der Waals surface area contributed by atoms with Crippen LogP contribution in [0.25, 0.3) is 0 Å².